The van der Waals surface area contributed by atoms with Gasteiger partial charge in [0, 0.05) is 17.8 Å². The Kier molecular flexibility index (Phi) is 4.92. The molecule has 3 nitrogen and oxygen atoms in total. The lowest BCUT2D eigenvalue weighted by molar-refractivity contribution is -0.115. The summed E-state index contributed by atoms with van der Waals surface area (Å²) in [4.78, 5) is 10.9. The van der Waals surface area contributed by atoms with Crippen molar-refractivity contribution >= 4 is 29.7 Å². The number of hydrogen-bond acceptors (Lipinski definition) is 2. The van der Waals surface area contributed by atoms with E-state index in [0.717, 1.165) is 5.69 Å². The number of halogens is 1. The van der Waals surface area contributed by atoms with E-state index in [0.29, 0.717) is 12.1 Å². The van der Waals surface area contributed by atoms with Gasteiger partial charge in [-0.05, 0) is 18.2 Å². The molecule has 13 heavy (non-hydrogen) atoms. The maximum atomic E-state index is 10.9. The third-order valence-electron chi connectivity index (χ3n) is 1.49. The molecule has 1 aromatic rings. The number of rotatable bonds is 2. The minimum Gasteiger partial charge on any atom is -0.399 e. The summed E-state index contributed by atoms with van der Waals surface area (Å²) in [6.07, 6.45) is 0.481. The molecule has 0 unspecified atom stereocenters. The molecule has 1 rings (SSSR count). The van der Waals surface area contributed by atoms with E-state index < -0.39 is 0 Å². The monoisotopic (exact) mass is 200 g/mol. The smallest absolute Gasteiger partial charge is 0.224 e. The number of nitrogen functional groups attached to an aromatic ring is 1. The van der Waals surface area contributed by atoms with E-state index in [-0.39, 0.29) is 18.3 Å². The van der Waals surface area contributed by atoms with Gasteiger partial charge < -0.3 is 11.1 Å². The molecule has 0 aliphatic carbocycles. The first-order valence-corrected chi connectivity index (χ1v) is 3.87. The molecule has 0 saturated carbocycles. The molecule has 0 aliphatic heterocycles. The molecular weight excluding hydrogens is 188 g/mol. The summed E-state index contributed by atoms with van der Waals surface area (Å²) in [7, 11) is 0. The minimum absolute atomic E-state index is 0. The number of benzene rings is 1. The van der Waals surface area contributed by atoms with E-state index in [4.69, 9.17) is 5.73 Å². The first-order chi connectivity index (χ1) is 5.72. The number of carbonyl (C=O) groups is 1. The minimum atomic E-state index is 0. The summed E-state index contributed by atoms with van der Waals surface area (Å²) in [5.41, 5.74) is 6.93. The van der Waals surface area contributed by atoms with Crippen molar-refractivity contribution in [1.82, 2.24) is 0 Å². The molecule has 1 amide bonds. The van der Waals surface area contributed by atoms with Crippen LogP contribution in [-0.2, 0) is 4.79 Å². The van der Waals surface area contributed by atoms with Gasteiger partial charge in [-0.15, -0.1) is 12.4 Å². The van der Waals surface area contributed by atoms with Crippen LogP contribution in [0.1, 0.15) is 13.3 Å². The van der Waals surface area contributed by atoms with Crippen LogP contribution in [0.5, 0.6) is 0 Å². The van der Waals surface area contributed by atoms with Crippen molar-refractivity contribution in [2.75, 3.05) is 11.1 Å². The first-order valence-electron chi connectivity index (χ1n) is 3.87. The highest BCUT2D eigenvalue weighted by molar-refractivity contribution is 5.90. The zero-order valence-corrected chi connectivity index (χ0v) is 8.23. The van der Waals surface area contributed by atoms with Gasteiger partial charge in [-0.3, -0.25) is 4.79 Å². The van der Waals surface area contributed by atoms with Crippen LogP contribution in [0, 0.1) is 0 Å². The fourth-order valence-corrected chi connectivity index (χ4v) is 0.866. The Morgan fingerprint density at radius 1 is 1.54 bits per heavy atom. The molecule has 1 aromatic carbocycles. The quantitative estimate of drug-likeness (QED) is 0.718. The second kappa shape index (κ2) is 5.43. The van der Waals surface area contributed by atoms with Crippen LogP contribution in [-0.4, -0.2) is 5.91 Å². The molecule has 0 radical (unpaired) electrons. The van der Waals surface area contributed by atoms with Gasteiger partial charge in [0.15, 0.2) is 0 Å². The fourth-order valence-electron chi connectivity index (χ4n) is 0.866. The number of nitrogens with two attached hydrogens (primary N) is 1. The molecule has 4 heteroatoms. The maximum Gasteiger partial charge on any atom is 0.224 e. The number of anilines is 2. The van der Waals surface area contributed by atoms with Crippen LogP contribution in [0.4, 0.5) is 11.4 Å². The molecule has 0 fully saturated rings. The van der Waals surface area contributed by atoms with Crippen molar-refractivity contribution in [2.45, 2.75) is 13.3 Å². The van der Waals surface area contributed by atoms with Crippen molar-refractivity contribution in [3.05, 3.63) is 24.3 Å². The molecular formula is C9H13ClN2O. The van der Waals surface area contributed by atoms with Crippen molar-refractivity contribution in [1.29, 1.82) is 0 Å². The number of amides is 1. The average molecular weight is 201 g/mol. The van der Waals surface area contributed by atoms with Crippen molar-refractivity contribution in [3.63, 3.8) is 0 Å². The SMILES string of the molecule is CCC(=O)Nc1cccc(N)c1.Cl. The Hall–Kier alpha value is -1.22. The van der Waals surface area contributed by atoms with Gasteiger partial charge in [0.05, 0.1) is 0 Å². The molecule has 0 spiro atoms. The predicted octanol–water partition coefficient (Wildman–Crippen LogP) is 2.04. The highest BCUT2D eigenvalue weighted by Gasteiger charge is 1.97. The number of nitrogens with one attached hydrogen (secondary N) is 1. The van der Waals surface area contributed by atoms with E-state index in [1.807, 2.05) is 13.0 Å². The van der Waals surface area contributed by atoms with E-state index >= 15 is 0 Å². The van der Waals surface area contributed by atoms with Crippen molar-refractivity contribution in [2.24, 2.45) is 0 Å². The average Bonchev–Trinajstić information content (AvgIpc) is 2.04. The molecule has 3 N–H and O–H groups in total. The Morgan fingerprint density at radius 3 is 2.77 bits per heavy atom. The van der Waals surface area contributed by atoms with Crippen LogP contribution in [0.15, 0.2) is 24.3 Å². The zero-order chi connectivity index (χ0) is 8.97. The van der Waals surface area contributed by atoms with Crippen LogP contribution in [0.3, 0.4) is 0 Å². The lowest BCUT2D eigenvalue weighted by Gasteiger charge is -2.03. The topological polar surface area (TPSA) is 55.1 Å². The molecule has 0 aliphatic rings. The van der Waals surface area contributed by atoms with Crippen molar-refractivity contribution < 1.29 is 4.79 Å². The maximum absolute atomic E-state index is 10.9. The summed E-state index contributed by atoms with van der Waals surface area (Å²) in [6, 6.07) is 7.12. The third-order valence-corrected chi connectivity index (χ3v) is 1.49. The van der Waals surface area contributed by atoms with Crippen molar-refractivity contribution in [3.8, 4) is 0 Å². The van der Waals surface area contributed by atoms with E-state index in [1.165, 1.54) is 0 Å². The molecule has 0 saturated heterocycles. The molecule has 0 atom stereocenters. The van der Waals surface area contributed by atoms with Gasteiger partial charge in [0.1, 0.15) is 0 Å². The van der Waals surface area contributed by atoms with Gasteiger partial charge in [0.2, 0.25) is 5.91 Å². The Morgan fingerprint density at radius 2 is 2.23 bits per heavy atom. The lowest BCUT2D eigenvalue weighted by Crippen LogP contribution is -2.09. The van der Waals surface area contributed by atoms with Gasteiger partial charge in [-0.2, -0.15) is 0 Å². The normalized spacial score (nSPS) is 8.69. The first kappa shape index (κ1) is 11.8. The second-order valence-electron chi connectivity index (χ2n) is 2.53. The van der Waals surface area contributed by atoms with E-state index in [9.17, 15) is 4.79 Å². The summed E-state index contributed by atoms with van der Waals surface area (Å²) in [5, 5.41) is 2.71. The summed E-state index contributed by atoms with van der Waals surface area (Å²) >= 11 is 0. The van der Waals surface area contributed by atoms with E-state index in [1.54, 1.807) is 18.2 Å². The second-order valence-corrected chi connectivity index (χ2v) is 2.53. The molecule has 0 heterocycles. The highest BCUT2D eigenvalue weighted by atomic mass is 35.5. The number of hydrogen-bond donors (Lipinski definition) is 2. The summed E-state index contributed by atoms with van der Waals surface area (Å²) in [5.74, 6) is 0.000556. The molecule has 0 bridgehead atoms. The number of carbonyl (C=O) groups excluding carboxylic acids is 1. The third kappa shape index (κ3) is 3.80. The molecule has 72 valence electrons. The lowest BCUT2D eigenvalue weighted by atomic mass is 10.3. The van der Waals surface area contributed by atoms with Gasteiger partial charge in [-0.1, -0.05) is 13.0 Å². The van der Waals surface area contributed by atoms with Gasteiger partial charge >= 0.3 is 0 Å². The van der Waals surface area contributed by atoms with Crippen LogP contribution in [0.2, 0.25) is 0 Å². The van der Waals surface area contributed by atoms with Crippen LogP contribution < -0.4 is 11.1 Å². The highest BCUT2D eigenvalue weighted by Crippen LogP contribution is 2.11. The zero-order valence-electron chi connectivity index (χ0n) is 7.41. The fraction of sp³-hybridized carbons (Fsp3) is 0.222. The largest absolute Gasteiger partial charge is 0.399 e. The summed E-state index contributed by atoms with van der Waals surface area (Å²) in [6.45, 7) is 1.81. The van der Waals surface area contributed by atoms with Crippen LogP contribution in [0.25, 0.3) is 0 Å². The Balaban J connectivity index is 0.00000144. The summed E-state index contributed by atoms with van der Waals surface area (Å²) < 4.78 is 0. The van der Waals surface area contributed by atoms with E-state index in [2.05, 4.69) is 5.32 Å². The van der Waals surface area contributed by atoms with Gasteiger partial charge in [0.25, 0.3) is 0 Å². The van der Waals surface area contributed by atoms with Crippen LogP contribution >= 0.6 is 12.4 Å². The molecule has 0 aromatic heterocycles. The Labute approximate surface area is 83.7 Å². The standard InChI is InChI=1S/C9H12N2O.ClH/c1-2-9(12)11-8-5-3-4-7(10)6-8;/h3-6H,2,10H2,1H3,(H,11,12);1H. The van der Waals surface area contributed by atoms with Gasteiger partial charge in [-0.25, -0.2) is 0 Å². The Bertz CT molecular complexity index is 289. The predicted molar refractivity (Wildman–Crippen MR) is 57.0 cm³/mol.